The highest BCUT2D eigenvalue weighted by Gasteiger charge is 2.26. The summed E-state index contributed by atoms with van der Waals surface area (Å²) in [5, 5.41) is 2.99. The first-order valence-electron chi connectivity index (χ1n) is 4.24. The van der Waals surface area contributed by atoms with Crippen molar-refractivity contribution in [2.75, 3.05) is 19.0 Å². The van der Waals surface area contributed by atoms with Crippen LogP contribution in [0, 0.1) is 0 Å². The van der Waals surface area contributed by atoms with Crippen molar-refractivity contribution in [1.29, 1.82) is 0 Å². The molecule has 0 spiro atoms. The van der Waals surface area contributed by atoms with Crippen molar-refractivity contribution < 1.29 is 14.3 Å². The van der Waals surface area contributed by atoms with Gasteiger partial charge in [-0.15, -0.1) is 0 Å². The van der Waals surface area contributed by atoms with Crippen LogP contribution < -0.4 is 10.1 Å². The van der Waals surface area contributed by atoms with Gasteiger partial charge in [-0.3, -0.25) is 0 Å². The highest BCUT2D eigenvalue weighted by Crippen LogP contribution is 2.25. The lowest BCUT2D eigenvalue weighted by Gasteiger charge is -2.24. The highest BCUT2D eigenvalue weighted by atomic mass is 16.6. The van der Waals surface area contributed by atoms with E-state index in [0.29, 0.717) is 18.1 Å². The summed E-state index contributed by atoms with van der Waals surface area (Å²) < 4.78 is 9.97. The second kappa shape index (κ2) is 3.53. The van der Waals surface area contributed by atoms with E-state index in [2.05, 4.69) is 15.0 Å². The van der Waals surface area contributed by atoms with E-state index >= 15 is 0 Å². The summed E-state index contributed by atoms with van der Waals surface area (Å²) in [7, 11) is 1.34. The van der Waals surface area contributed by atoms with Gasteiger partial charge in [0.05, 0.1) is 13.7 Å². The minimum atomic E-state index is -0.586. The molecule has 1 aromatic heterocycles. The van der Waals surface area contributed by atoms with E-state index in [1.54, 1.807) is 18.3 Å². The van der Waals surface area contributed by atoms with E-state index in [1.165, 1.54) is 7.11 Å². The molecule has 0 bridgehead atoms. The van der Waals surface area contributed by atoms with Gasteiger partial charge in [-0.25, -0.2) is 9.78 Å². The quantitative estimate of drug-likeness (QED) is 0.657. The third-order valence-electron chi connectivity index (χ3n) is 1.96. The van der Waals surface area contributed by atoms with Crippen molar-refractivity contribution in [3.05, 3.63) is 18.3 Å². The third kappa shape index (κ3) is 1.48. The predicted octanol–water partition coefficient (Wildman–Crippen LogP) is 0.427. The Bertz CT molecular complexity index is 354. The first-order chi connectivity index (χ1) is 6.81. The van der Waals surface area contributed by atoms with E-state index in [4.69, 9.17) is 4.74 Å². The molecule has 0 saturated carbocycles. The number of rotatable bonds is 1. The number of hydrogen-bond donors (Lipinski definition) is 1. The molecular formula is C9H10N2O3. The molecule has 1 atom stereocenters. The molecule has 5 heteroatoms. The summed E-state index contributed by atoms with van der Waals surface area (Å²) >= 11 is 0. The van der Waals surface area contributed by atoms with Gasteiger partial charge < -0.3 is 14.8 Å². The van der Waals surface area contributed by atoms with Gasteiger partial charge in [0.1, 0.15) is 0 Å². The Balaban J connectivity index is 2.17. The zero-order chi connectivity index (χ0) is 9.97. The van der Waals surface area contributed by atoms with Gasteiger partial charge in [0.15, 0.2) is 11.6 Å². The monoisotopic (exact) mass is 194 g/mol. The molecule has 1 aliphatic heterocycles. The molecular weight excluding hydrogens is 184 g/mol. The maximum Gasteiger partial charge on any atom is 0.348 e. The summed E-state index contributed by atoms with van der Waals surface area (Å²) in [6, 6.07) is 3.50. The lowest BCUT2D eigenvalue weighted by molar-refractivity contribution is -0.148. The average molecular weight is 194 g/mol. The van der Waals surface area contributed by atoms with Crippen LogP contribution in [-0.2, 0) is 9.53 Å². The van der Waals surface area contributed by atoms with Gasteiger partial charge in [-0.2, -0.15) is 0 Å². The maximum atomic E-state index is 11.2. The number of aromatic nitrogens is 1. The number of pyridine rings is 1. The zero-order valence-electron chi connectivity index (χ0n) is 7.69. The van der Waals surface area contributed by atoms with Crippen molar-refractivity contribution in [3.8, 4) is 5.75 Å². The van der Waals surface area contributed by atoms with E-state index in [-0.39, 0.29) is 5.97 Å². The lowest BCUT2D eigenvalue weighted by atomic mass is 10.3. The molecule has 1 aromatic rings. The zero-order valence-corrected chi connectivity index (χ0v) is 7.69. The summed E-state index contributed by atoms with van der Waals surface area (Å²) in [5.41, 5.74) is 0. The number of carbonyl (C=O) groups is 1. The Kier molecular flexibility index (Phi) is 2.22. The SMILES string of the molecule is COC(=O)C1CNc2ncccc2O1. The minimum Gasteiger partial charge on any atom is -0.473 e. The molecule has 1 aliphatic rings. The summed E-state index contributed by atoms with van der Waals surface area (Å²) in [6.07, 6.45) is 1.07. The largest absolute Gasteiger partial charge is 0.473 e. The highest BCUT2D eigenvalue weighted by molar-refractivity contribution is 5.77. The number of fused-ring (bicyclic) bond motifs is 1. The van der Waals surface area contributed by atoms with Crippen LogP contribution in [0.25, 0.3) is 0 Å². The molecule has 14 heavy (non-hydrogen) atoms. The molecule has 0 radical (unpaired) electrons. The fraction of sp³-hybridized carbons (Fsp3) is 0.333. The van der Waals surface area contributed by atoms with Crippen LogP contribution in [0.1, 0.15) is 0 Å². The Labute approximate surface area is 81.0 Å². The number of hydrogen-bond acceptors (Lipinski definition) is 5. The van der Waals surface area contributed by atoms with Crippen molar-refractivity contribution in [3.63, 3.8) is 0 Å². The van der Waals surface area contributed by atoms with Crippen LogP contribution in [-0.4, -0.2) is 30.7 Å². The Morgan fingerprint density at radius 2 is 2.64 bits per heavy atom. The standard InChI is InChI=1S/C9H10N2O3/c1-13-9(12)7-5-11-8-6(14-7)3-2-4-10-8/h2-4,7H,5H2,1H3,(H,10,11). The topological polar surface area (TPSA) is 60.5 Å². The Hall–Kier alpha value is -1.78. The lowest BCUT2D eigenvalue weighted by Crippen LogP contribution is -2.38. The minimum absolute atomic E-state index is 0.382. The first kappa shape index (κ1) is 8.80. The summed E-state index contributed by atoms with van der Waals surface area (Å²) in [4.78, 5) is 15.2. The van der Waals surface area contributed by atoms with Crippen molar-refractivity contribution >= 4 is 11.8 Å². The number of methoxy groups -OCH3 is 1. The maximum absolute atomic E-state index is 11.2. The second-order valence-corrected chi connectivity index (χ2v) is 2.86. The van der Waals surface area contributed by atoms with Crippen LogP contribution in [0.4, 0.5) is 5.82 Å². The number of carbonyl (C=O) groups excluding carboxylic acids is 1. The van der Waals surface area contributed by atoms with Gasteiger partial charge in [0.25, 0.3) is 0 Å². The van der Waals surface area contributed by atoms with E-state index in [1.807, 2.05) is 0 Å². The van der Waals surface area contributed by atoms with E-state index in [9.17, 15) is 4.79 Å². The molecule has 0 aromatic carbocycles. The molecule has 1 N–H and O–H groups in total. The van der Waals surface area contributed by atoms with Gasteiger partial charge in [0, 0.05) is 6.20 Å². The summed E-state index contributed by atoms with van der Waals surface area (Å²) in [6.45, 7) is 0.386. The molecule has 0 aliphatic carbocycles. The molecule has 0 amide bonds. The third-order valence-corrected chi connectivity index (χ3v) is 1.96. The Morgan fingerprint density at radius 3 is 3.43 bits per heavy atom. The van der Waals surface area contributed by atoms with Gasteiger partial charge in [-0.1, -0.05) is 0 Å². The number of nitrogens with one attached hydrogen (secondary N) is 1. The fourth-order valence-electron chi connectivity index (χ4n) is 1.27. The van der Waals surface area contributed by atoms with Crippen molar-refractivity contribution in [1.82, 2.24) is 4.98 Å². The van der Waals surface area contributed by atoms with Gasteiger partial charge >= 0.3 is 5.97 Å². The normalized spacial score (nSPS) is 18.8. The molecule has 0 saturated heterocycles. The molecule has 0 fully saturated rings. The fourth-order valence-corrected chi connectivity index (χ4v) is 1.27. The van der Waals surface area contributed by atoms with Crippen LogP contribution in [0.5, 0.6) is 5.75 Å². The van der Waals surface area contributed by atoms with Crippen molar-refractivity contribution in [2.24, 2.45) is 0 Å². The van der Waals surface area contributed by atoms with Gasteiger partial charge in [0.2, 0.25) is 6.10 Å². The van der Waals surface area contributed by atoms with Crippen LogP contribution in [0.15, 0.2) is 18.3 Å². The first-order valence-corrected chi connectivity index (χ1v) is 4.24. The van der Waals surface area contributed by atoms with Crippen LogP contribution in [0.2, 0.25) is 0 Å². The second-order valence-electron chi connectivity index (χ2n) is 2.86. The van der Waals surface area contributed by atoms with Crippen molar-refractivity contribution in [2.45, 2.75) is 6.10 Å². The smallest absolute Gasteiger partial charge is 0.348 e. The molecule has 1 unspecified atom stereocenters. The number of ether oxygens (including phenoxy) is 2. The van der Waals surface area contributed by atoms with Gasteiger partial charge in [-0.05, 0) is 12.1 Å². The number of anilines is 1. The predicted molar refractivity (Wildman–Crippen MR) is 49.2 cm³/mol. The molecule has 74 valence electrons. The molecule has 5 nitrogen and oxygen atoms in total. The van der Waals surface area contributed by atoms with E-state index in [0.717, 1.165) is 0 Å². The van der Waals surface area contributed by atoms with E-state index < -0.39 is 6.10 Å². The Morgan fingerprint density at radius 1 is 1.79 bits per heavy atom. The molecule has 2 heterocycles. The molecule has 2 rings (SSSR count). The van der Waals surface area contributed by atoms with Crippen LogP contribution >= 0.6 is 0 Å². The van der Waals surface area contributed by atoms with Crippen LogP contribution in [0.3, 0.4) is 0 Å². The number of nitrogens with zero attached hydrogens (tertiary/aromatic N) is 1. The average Bonchev–Trinajstić information content (AvgIpc) is 2.27. The number of esters is 1. The summed E-state index contributed by atoms with van der Waals surface area (Å²) in [5.74, 6) is 0.855.